The number of aliphatic imine (C=N–C) groups is 1. The summed E-state index contributed by atoms with van der Waals surface area (Å²) < 4.78 is 0. The van der Waals surface area contributed by atoms with E-state index in [-0.39, 0.29) is 0 Å². The number of anilines is 1. The van der Waals surface area contributed by atoms with Crippen LogP contribution in [0.15, 0.2) is 11.3 Å². The summed E-state index contributed by atoms with van der Waals surface area (Å²) in [6.45, 7) is 6.26. The van der Waals surface area contributed by atoms with Crippen molar-refractivity contribution in [2.75, 3.05) is 19.0 Å². The molecule has 0 aliphatic heterocycles. The van der Waals surface area contributed by atoms with Crippen LogP contribution in [0.4, 0.5) is 11.5 Å². The van der Waals surface area contributed by atoms with Crippen LogP contribution in [0, 0.1) is 12.8 Å². The molecule has 0 spiro atoms. The summed E-state index contributed by atoms with van der Waals surface area (Å²) in [5.41, 5.74) is 1.78. The zero-order valence-corrected chi connectivity index (χ0v) is 10.7. The molecule has 16 heavy (non-hydrogen) atoms. The zero-order chi connectivity index (χ0) is 12.1. The molecule has 1 aromatic heterocycles. The molecule has 1 rings (SSSR count). The zero-order valence-electron chi connectivity index (χ0n) is 10.7. The second-order valence-corrected chi connectivity index (χ2v) is 4.19. The van der Waals surface area contributed by atoms with Gasteiger partial charge in [-0.3, -0.25) is 4.99 Å². The number of aromatic nitrogens is 2. The van der Waals surface area contributed by atoms with Crippen LogP contribution in [0.2, 0.25) is 0 Å². The van der Waals surface area contributed by atoms with E-state index in [2.05, 4.69) is 28.8 Å². The Kier molecular flexibility index (Phi) is 4.40. The van der Waals surface area contributed by atoms with Crippen LogP contribution in [0.5, 0.6) is 0 Å². The first kappa shape index (κ1) is 12.6. The smallest absolute Gasteiger partial charge is 0.157 e. The van der Waals surface area contributed by atoms with Gasteiger partial charge in [-0.05, 0) is 19.3 Å². The Morgan fingerprint density at radius 2 is 2.12 bits per heavy atom. The first-order valence-corrected chi connectivity index (χ1v) is 5.59. The van der Waals surface area contributed by atoms with E-state index in [1.54, 1.807) is 6.33 Å². The fraction of sp³-hybridized carbons (Fsp3) is 0.583. The lowest BCUT2D eigenvalue weighted by atomic mass is 10.1. The van der Waals surface area contributed by atoms with Crippen molar-refractivity contribution in [1.82, 2.24) is 9.97 Å². The van der Waals surface area contributed by atoms with Crippen LogP contribution in [-0.4, -0.2) is 30.3 Å². The third kappa shape index (κ3) is 3.02. The first-order chi connectivity index (χ1) is 7.56. The Hall–Kier alpha value is -1.45. The number of hydrogen-bond acceptors (Lipinski definition) is 4. The Labute approximate surface area is 97.4 Å². The van der Waals surface area contributed by atoms with Gasteiger partial charge in [0, 0.05) is 20.3 Å². The SMILES string of the molecule is CCC(C)C=Nc1c(C)ncnc1N(C)C. The van der Waals surface area contributed by atoms with Crippen molar-refractivity contribution in [2.24, 2.45) is 10.9 Å². The van der Waals surface area contributed by atoms with E-state index in [0.29, 0.717) is 5.92 Å². The van der Waals surface area contributed by atoms with Gasteiger partial charge >= 0.3 is 0 Å². The average molecular weight is 220 g/mol. The minimum absolute atomic E-state index is 0.481. The van der Waals surface area contributed by atoms with Gasteiger partial charge in [-0.1, -0.05) is 13.8 Å². The van der Waals surface area contributed by atoms with Gasteiger partial charge in [-0.25, -0.2) is 9.97 Å². The summed E-state index contributed by atoms with van der Waals surface area (Å²) in [5, 5.41) is 0. The normalized spacial score (nSPS) is 13.1. The topological polar surface area (TPSA) is 41.4 Å². The van der Waals surface area contributed by atoms with Crippen molar-refractivity contribution in [1.29, 1.82) is 0 Å². The Morgan fingerprint density at radius 1 is 1.44 bits per heavy atom. The molecule has 0 N–H and O–H groups in total. The number of rotatable bonds is 4. The van der Waals surface area contributed by atoms with E-state index < -0.39 is 0 Å². The lowest BCUT2D eigenvalue weighted by molar-refractivity contribution is 0.754. The molecule has 0 aliphatic carbocycles. The van der Waals surface area contributed by atoms with Crippen molar-refractivity contribution >= 4 is 17.7 Å². The summed E-state index contributed by atoms with van der Waals surface area (Å²) >= 11 is 0. The van der Waals surface area contributed by atoms with Crippen LogP contribution in [-0.2, 0) is 0 Å². The van der Waals surface area contributed by atoms with E-state index >= 15 is 0 Å². The molecule has 0 aliphatic rings. The molecule has 0 saturated carbocycles. The molecule has 0 radical (unpaired) electrons. The van der Waals surface area contributed by atoms with Crippen LogP contribution in [0.25, 0.3) is 0 Å². The van der Waals surface area contributed by atoms with Crippen molar-refractivity contribution in [3.8, 4) is 0 Å². The lowest BCUT2D eigenvalue weighted by Crippen LogP contribution is -2.11. The fourth-order valence-corrected chi connectivity index (χ4v) is 1.24. The van der Waals surface area contributed by atoms with Crippen LogP contribution >= 0.6 is 0 Å². The first-order valence-electron chi connectivity index (χ1n) is 5.59. The largest absolute Gasteiger partial charge is 0.361 e. The van der Waals surface area contributed by atoms with Crippen molar-refractivity contribution in [3.63, 3.8) is 0 Å². The highest BCUT2D eigenvalue weighted by atomic mass is 15.2. The summed E-state index contributed by atoms with van der Waals surface area (Å²) in [6.07, 6.45) is 4.64. The quantitative estimate of drug-likeness (QED) is 0.732. The predicted octanol–water partition coefficient (Wildman–Crippen LogP) is 2.60. The van der Waals surface area contributed by atoms with Crippen LogP contribution in [0.3, 0.4) is 0 Å². The Morgan fingerprint density at radius 3 is 2.69 bits per heavy atom. The standard InChI is InChI=1S/C12H20N4/c1-6-9(2)7-13-11-10(3)14-8-15-12(11)16(4)5/h7-9H,6H2,1-5H3. The fourth-order valence-electron chi connectivity index (χ4n) is 1.24. The van der Waals surface area contributed by atoms with Crippen molar-refractivity contribution < 1.29 is 0 Å². The van der Waals surface area contributed by atoms with Gasteiger partial charge in [0.05, 0.1) is 5.69 Å². The Bertz CT molecular complexity index is 371. The second-order valence-electron chi connectivity index (χ2n) is 4.19. The van der Waals surface area contributed by atoms with E-state index in [1.165, 1.54) is 0 Å². The molecular formula is C12H20N4. The minimum atomic E-state index is 0.481. The molecular weight excluding hydrogens is 200 g/mol. The van der Waals surface area contributed by atoms with Crippen molar-refractivity contribution in [3.05, 3.63) is 12.0 Å². The van der Waals surface area contributed by atoms with Gasteiger partial charge in [0.25, 0.3) is 0 Å². The summed E-state index contributed by atoms with van der Waals surface area (Å²) in [7, 11) is 3.92. The molecule has 0 saturated heterocycles. The third-order valence-corrected chi connectivity index (χ3v) is 2.51. The molecule has 0 amide bonds. The maximum absolute atomic E-state index is 4.51. The highest BCUT2D eigenvalue weighted by Gasteiger charge is 2.08. The third-order valence-electron chi connectivity index (χ3n) is 2.51. The van der Waals surface area contributed by atoms with Gasteiger partial charge in [-0.2, -0.15) is 0 Å². The number of hydrogen-bond donors (Lipinski definition) is 0. The van der Waals surface area contributed by atoms with Gasteiger partial charge in [0.1, 0.15) is 12.0 Å². The molecule has 88 valence electrons. The highest BCUT2D eigenvalue weighted by Crippen LogP contribution is 2.26. The van der Waals surface area contributed by atoms with Gasteiger partial charge in [0.15, 0.2) is 5.82 Å². The average Bonchev–Trinajstić information content (AvgIpc) is 2.26. The van der Waals surface area contributed by atoms with Crippen LogP contribution in [0.1, 0.15) is 26.0 Å². The van der Waals surface area contributed by atoms with Gasteiger partial charge < -0.3 is 4.90 Å². The summed E-state index contributed by atoms with van der Waals surface area (Å²) in [4.78, 5) is 14.9. The van der Waals surface area contributed by atoms with Crippen LogP contribution < -0.4 is 4.90 Å². The molecule has 0 bridgehead atoms. The molecule has 0 aromatic carbocycles. The Balaban J connectivity index is 3.06. The van der Waals surface area contributed by atoms with E-state index in [4.69, 9.17) is 0 Å². The predicted molar refractivity (Wildman–Crippen MR) is 68.7 cm³/mol. The highest BCUT2D eigenvalue weighted by molar-refractivity contribution is 5.72. The maximum Gasteiger partial charge on any atom is 0.157 e. The molecule has 0 fully saturated rings. The van der Waals surface area contributed by atoms with E-state index in [9.17, 15) is 0 Å². The molecule has 1 heterocycles. The molecule has 1 unspecified atom stereocenters. The molecule has 4 heteroatoms. The monoisotopic (exact) mass is 220 g/mol. The molecule has 1 aromatic rings. The molecule has 1 atom stereocenters. The minimum Gasteiger partial charge on any atom is -0.361 e. The van der Waals surface area contributed by atoms with Crippen molar-refractivity contribution in [2.45, 2.75) is 27.2 Å². The second kappa shape index (κ2) is 5.58. The molecule has 4 nitrogen and oxygen atoms in total. The number of aryl methyl sites for hydroxylation is 1. The maximum atomic E-state index is 4.51. The number of nitrogens with zero attached hydrogens (tertiary/aromatic N) is 4. The lowest BCUT2D eigenvalue weighted by Gasteiger charge is -2.14. The summed E-state index contributed by atoms with van der Waals surface area (Å²) in [6, 6.07) is 0. The van der Waals surface area contributed by atoms with E-state index in [0.717, 1.165) is 23.6 Å². The van der Waals surface area contributed by atoms with Gasteiger partial charge in [0.2, 0.25) is 0 Å². The summed E-state index contributed by atoms with van der Waals surface area (Å²) in [5.74, 6) is 1.35. The van der Waals surface area contributed by atoms with Gasteiger partial charge in [-0.15, -0.1) is 0 Å². The van der Waals surface area contributed by atoms with E-state index in [1.807, 2.05) is 32.1 Å².